The third-order valence-electron chi connectivity index (χ3n) is 1.83. The van der Waals surface area contributed by atoms with Crippen molar-refractivity contribution in [3.8, 4) is 0 Å². The second kappa shape index (κ2) is 5.88. The summed E-state index contributed by atoms with van der Waals surface area (Å²) < 4.78 is 123. The minimum absolute atomic E-state index is 2.00. The van der Waals surface area contributed by atoms with E-state index in [1.54, 1.807) is 0 Å². The highest BCUT2D eigenvalue weighted by atomic mass is 19.4. The summed E-state index contributed by atoms with van der Waals surface area (Å²) in [5.74, 6) is -12.4. The van der Waals surface area contributed by atoms with E-state index in [2.05, 4.69) is 0 Å². The van der Waals surface area contributed by atoms with Crippen molar-refractivity contribution in [2.75, 3.05) is 0 Å². The first kappa shape index (κ1) is 18.5. The Hall–Kier alpha value is -1.48. The Morgan fingerprint density at radius 3 is 0.950 bits per heavy atom. The van der Waals surface area contributed by atoms with E-state index in [-0.39, 0.29) is 0 Å². The van der Waals surface area contributed by atoms with Crippen molar-refractivity contribution in [3.05, 3.63) is 34.4 Å². The molecule has 0 atom stereocenters. The van der Waals surface area contributed by atoms with Gasteiger partial charge in [0.25, 0.3) is 0 Å². The van der Waals surface area contributed by atoms with Crippen LogP contribution in [0.5, 0.6) is 0 Å². The van der Waals surface area contributed by atoms with Crippen molar-refractivity contribution in [2.45, 2.75) is 26.2 Å². The molecule has 0 heterocycles. The van der Waals surface area contributed by atoms with Crippen LogP contribution in [0.3, 0.4) is 0 Å². The molecule has 116 valence electrons. The summed E-state index contributed by atoms with van der Waals surface area (Å²) in [6.45, 7) is 4.00. The predicted molar refractivity (Wildman–Crippen MR) is 47.6 cm³/mol. The van der Waals surface area contributed by atoms with E-state index >= 15 is 0 Å². The summed E-state index contributed by atoms with van der Waals surface area (Å²) in [4.78, 5) is 0. The van der Waals surface area contributed by atoms with Crippen LogP contribution in [0.15, 0.2) is 0 Å². The van der Waals surface area contributed by atoms with Crippen LogP contribution in [0, 0.1) is 23.3 Å². The number of benzene rings is 1. The molecule has 1 rings (SSSR count). The summed E-state index contributed by atoms with van der Waals surface area (Å²) in [7, 11) is 0. The molecule has 1 aromatic rings. The topological polar surface area (TPSA) is 0 Å². The van der Waals surface area contributed by atoms with Gasteiger partial charge in [0.05, 0.1) is 0 Å². The predicted octanol–water partition coefficient (Wildman–Crippen LogP) is 5.31. The average molecular weight is 316 g/mol. The highest BCUT2D eigenvalue weighted by Crippen LogP contribution is 2.42. The maximum absolute atomic E-state index is 12.9. The summed E-state index contributed by atoms with van der Waals surface area (Å²) in [5, 5.41) is 0. The molecular weight excluding hydrogens is 310 g/mol. The molecule has 0 spiro atoms. The van der Waals surface area contributed by atoms with Gasteiger partial charge in [-0.15, -0.1) is 0 Å². The van der Waals surface area contributed by atoms with Crippen molar-refractivity contribution >= 4 is 0 Å². The molecule has 20 heavy (non-hydrogen) atoms. The van der Waals surface area contributed by atoms with Gasteiger partial charge < -0.3 is 0 Å². The van der Waals surface area contributed by atoms with Gasteiger partial charge in [-0.1, -0.05) is 13.8 Å². The van der Waals surface area contributed by atoms with Crippen molar-refractivity contribution in [2.24, 2.45) is 0 Å². The smallest absolute Gasteiger partial charge is 0.205 e. The SMILES string of the molecule is CC.Fc1c(F)c(C(F)(F)F)c(F)c(C(F)(F)F)c1F. The van der Waals surface area contributed by atoms with Crippen LogP contribution >= 0.6 is 0 Å². The van der Waals surface area contributed by atoms with Crippen molar-refractivity contribution in [1.29, 1.82) is 0 Å². The van der Waals surface area contributed by atoms with Crippen molar-refractivity contribution in [1.82, 2.24) is 0 Å². The minimum Gasteiger partial charge on any atom is -0.205 e. The second-order valence-corrected chi connectivity index (χ2v) is 3.00. The van der Waals surface area contributed by atoms with Crippen molar-refractivity contribution < 1.29 is 43.9 Å². The Balaban J connectivity index is 0.00000172. The first-order chi connectivity index (χ1) is 8.89. The number of hydrogen-bond donors (Lipinski definition) is 0. The molecule has 0 saturated carbocycles. The summed E-state index contributed by atoms with van der Waals surface area (Å²) >= 11 is 0. The molecular formula is C10H6F10. The van der Waals surface area contributed by atoms with Gasteiger partial charge in [0.2, 0.25) is 0 Å². The lowest BCUT2D eigenvalue weighted by Crippen LogP contribution is -2.21. The van der Waals surface area contributed by atoms with Crippen LogP contribution in [0.4, 0.5) is 43.9 Å². The Labute approximate surface area is 106 Å². The number of rotatable bonds is 0. The molecule has 0 fully saturated rings. The van der Waals surface area contributed by atoms with Gasteiger partial charge in [0, 0.05) is 0 Å². The Bertz CT molecular complexity index is 441. The molecule has 0 radical (unpaired) electrons. The Morgan fingerprint density at radius 1 is 0.500 bits per heavy atom. The van der Waals surface area contributed by atoms with Crippen LogP contribution in [-0.2, 0) is 12.4 Å². The van der Waals surface area contributed by atoms with Crippen LogP contribution in [-0.4, -0.2) is 0 Å². The lowest BCUT2D eigenvalue weighted by molar-refractivity contribution is -0.151. The monoisotopic (exact) mass is 316 g/mol. The van der Waals surface area contributed by atoms with Gasteiger partial charge in [0.1, 0.15) is 11.1 Å². The lowest BCUT2D eigenvalue weighted by Gasteiger charge is -2.15. The molecule has 0 aliphatic carbocycles. The van der Waals surface area contributed by atoms with E-state index in [1.807, 2.05) is 13.8 Å². The summed E-state index contributed by atoms with van der Waals surface area (Å²) in [6.07, 6.45) is -11.9. The van der Waals surface area contributed by atoms with Gasteiger partial charge in [-0.25, -0.2) is 17.6 Å². The highest BCUT2D eigenvalue weighted by Gasteiger charge is 2.48. The molecule has 0 saturated heterocycles. The van der Waals surface area contributed by atoms with Crippen LogP contribution in [0.25, 0.3) is 0 Å². The first-order valence-corrected chi connectivity index (χ1v) is 4.89. The third kappa shape index (κ3) is 3.34. The third-order valence-corrected chi connectivity index (χ3v) is 1.83. The zero-order valence-corrected chi connectivity index (χ0v) is 9.78. The average Bonchev–Trinajstić information content (AvgIpc) is 2.25. The molecule has 0 nitrogen and oxygen atoms in total. The number of hydrogen-bond acceptors (Lipinski definition) is 0. The van der Waals surface area contributed by atoms with Gasteiger partial charge >= 0.3 is 12.4 Å². The van der Waals surface area contributed by atoms with E-state index in [1.165, 1.54) is 0 Å². The fourth-order valence-corrected chi connectivity index (χ4v) is 1.13. The molecule has 0 aliphatic rings. The van der Waals surface area contributed by atoms with E-state index in [0.717, 1.165) is 0 Å². The largest absolute Gasteiger partial charge is 0.422 e. The molecule has 1 aromatic carbocycles. The zero-order chi connectivity index (χ0) is 16.5. The molecule has 0 aromatic heterocycles. The molecule has 10 heteroatoms. The van der Waals surface area contributed by atoms with Gasteiger partial charge in [-0.2, -0.15) is 26.3 Å². The number of alkyl halides is 6. The fraction of sp³-hybridized carbons (Fsp3) is 0.400. The molecule has 0 unspecified atom stereocenters. The number of halogens is 10. The van der Waals surface area contributed by atoms with Crippen LogP contribution in [0.1, 0.15) is 25.0 Å². The summed E-state index contributed by atoms with van der Waals surface area (Å²) in [6, 6.07) is 0. The standard InChI is InChI=1S/C8F10.C2H6/c9-3-1(7(13,14)15)4(10)6(12)5(11)2(3)8(16,17)18;1-2/h;1-2H3. The van der Waals surface area contributed by atoms with Gasteiger partial charge in [-0.05, 0) is 0 Å². The second-order valence-electron chi connectivity index (χ2n) is 3.00. The minimum atomic E-state index is -5.94. The molecule has 0 bridgehead atoms. The Kier molecular flexibility index (Phi) is 5.44. The van der Waals surface area contributed by atoms with Gasteiger partial charge in [-0.3, -0.25) is 0 Å². The lowest BCUT2D eigenvalue weighted by atomic mass is 10.1. The van der Waals surface area contributed by atoms with E-state index in [4.69, 9.17) is 0 Å². The first-order valence-electron chi connectivity index (χ1n) is 4.89. The molecule has 0 amide bonds. The normalized spacial score (nSPS) is 12.0. The quantitative estimate of drug-likeness (QED) is 0.346. The van der Waals surface area contributed by atoms with Crippen molar-refractivity contribution in [3.63, 3.8) is 0 Å². The van der Waals surface area contributed by atoms with Gasteiger partial charge in [0.15, 0.2) is 23.3 Å². The maximum Gasteiger partial charge on any atom is 0.422 e. The maximum atomic E-state index is 12.9. The zero-order valence-electron chi connectivity index (χ0n) is 9.78. The Morgan fingerprint density at radius 2 is 0.750 bits per heavy atom. The van der Waals surface area contributed by atoms with Crippen LogP contribution < -0.4 is 0 Å². The highest BCUT2D eigenvalue weighted by molar-refractivity contribution is 5.34. The van der Waals surface area contributed by atoms with E-state index in [9.17, 15) is 43.9 Å². The summed E-state index contributed by atoms with van der Waals surface area (Å²) in [5.41, 5.74) is -6.26. The van der Waals surface area contributed by atoms with E-state index < -0.39 is 46.7 Å². The molecule has 0 aliphatic heterocycles. The molecule has 0 N–H and O–H groups in total. The fourth-order valence-electron chi connectivity index (χ4n) is 1.13. The van der Waals surface area contributed by atoms with E-state index in [0.29, 0.717) is 0 Å². The van der Waals surface area contributed by atoms with Crippen LogP contribution in [0.2, 0.25) is 0 Å².